The molecule has 0 atom stereocenters. The first-order chi connectivity index (χ1) is 10.3. The summed E-state index contributed by atoms with van der Waals surface area (Å²) in [5.41, 5.74) is 1.83. The van der Waals surface area contributed by atoms with Crippen LogP contribution in [0.1, 0.15) is 17.5 Å². The van der Waals surface area contributed by atoms with Crippen molar-refractivity contribution in [3.8, 4) is 5.75 Å². The zero-order chi connectivity index (χ0) is 14.9. The van der Waals surface area contributed by atoms with Crippen LogP contribution in [0.25, 0.3) is 6.08 Å². The van der Waals surface area contributed by atoms with Gasteiger partial charge in [-0.1, -0.05) is 54.6 Å². The SMILES string of the molecule is O=C(CCc1ccccc1O)OCC=Cc1ccccc1. The predicted octanol–water partition coefficient (Wildman–Crippen LogP) is 3.58. The Labute approximate surface area is 124 Å². The first-order valence-electron chi connectivity index (χ1n) is 6.90. The van der Waals surface area contributed by atoms with Crippen LogP contribution in [0.5, 0.6) is 5.75 Å². The molecule has 0 unspecified atom stereocenters. The summed E-state index contributed by atoms with van der Waals surface area (Å²) in [6.45, 7) is 0.258. The van der Waals surface area contributed by atoms with Crippen LogP contribution < -0.4 is 0 Å². The number of hydrogen-bond donors (Lipinski definition) is 1. The summed E-state index contributed by atoms with van der Waals surface area (Å²) in [7, 11) is 0. The monoisotopic (exact) mass is 282 g/mol. The largest absolute Gasteiger partial charge is 0.508 e. The van der Waals surface area contributed by atoms with Crippen LogP contribution in [0.15, 0.2) is 60.7 Å². The summed E-state index contributed by atoms with van der Waals surface area (Å²) >= 11 is 0. The normalized spacial score (nSPS) is 10.7. The second-order valence-electron chi connectivity index (χ2n) is 4.62. The minimum Gasteiger partial charge on any atom is -0.508 e. The van der Waals surface area contributed by atoms with Crippen LogP contribution in [0.2, 0.25) is 0 Å². The molecular formula is C18H18O3. The van der Waals surface area contributed by atoms with E-state index in [1.807, 2.05) is 48.6 Å². The molecule has 2 rings (SSSR count). The molecule has 0 saturated heterocycles. The maximum atomic E-state index is 11.6. The molecule has 0 fully saturated rings. The summed E-state index contributed by atoms with van der Waals surface area (Å²) in [6.07, 6.45) is 4.47. The highest BCUT2D eigenvalue weighted by molar-refractivity contribution is 5.70. The van der Waals surface area contributed by atoms with Gasteiger partial charge >= 0.3 is 5.97 Å². The minimum absolute atomic E-state index is 0.217. The fourth-order valence-corrected chi connectivity index (χ4v) is 1.92. The van der Waals surface area contributed by atoms with E-state index in [2.05, 4.69) is 0 Å². The number of carbonyl (C=O) groups is 1. The summed E-state index contributed by atoms with van der Waals surface area (Å²) in [5.74, 6) is -0.0507. The number of para-hydroxylation sites is 1. The smallest absolute Gasteiger partial charge is 0.306 e. The summed E-state index contributed by atoms with van der Waals surface area (Å²) in [5, 5.41) is 9.60. The van der Waals surface area contributed by atoms with Gasteiger partial charge in [0.05, 0.1) is 0 Å². The molecule has 0 saturated carbocycles. The quantitative estimate of drug-likeness (QED) is 0.824. The maximum Gasteiger partial charge on any atom is 0.306 e. The van der Waals surface area contributed by atoms with Gasteiger partial charge in [0.25, 0.3) is 0 Å². The number of rotatable bonds is 6. The van der Waals surface area contributed by atoms with Crippen LogP contribution in [0.3, 0.4) is 0 Å². The van der Waals surface area contributed by atoms with E-state index in [1.165, 1.54) is 0 Å². The van der Waals surface area contributed by atoms with Crippen molar-refractivity contribution in [2.24, 2.45) is 0 Å². The van der Waals surface area contributed by atoms with Crippen molar-refractivity contribution in [3.05, 3.63) is 71.8 Å². The Hall–Kier alpha value is -2.55. The number of esters is 1. The van der Waals surface area contributed by atoms with E-state index in [0.29, 0.717) is 6.42 Å². The molecule has 21 heavy (non-hydrogen) atoms. The van der Waals surface area contributed by atoms with Crippen LogP contribution in [-0.4, -0.2) is 17.7 Å². The maximum absolute atomic E-state index is 11.6. The molecule has 0 aliphatic heterocycles. The third kappa shape index (κ3) is 5.15. The lowest BCUT2D eigenvalue weighted by Gasteiger charge is -2.04. The average molecular weight is 282 g/mol. The molecule has 0 amide bonds. The lowest BCUT2D eigenvalue weighted by Crippen LogP contribution is -2.05. The number of hydrogen-bond acceptors (Lipinski definition) is 3. The molecular weight excluding hydrogens is 264 g/mol. The summed E-state index contributed by atoms with van der Waals surface area (Å²) < 4.78 is 5.12. The summed E-state index contributed by atoms with van der Waals surface area (Å²) in [4.78, 5) is 11.6. The van der Waals surface area contributed by atoms with Gasteiger partial charge in [-0.25, -0.2) is 0 Å². The number of aromatic hydroxyl groups is 1. The van der Waals surface area contributed by atoms with Gasteiger partial charge in [-0.05, 0) is 29.7 Å². The van der Waals surface area contributed by atoms with Crippen molar-refractivity contribution < 1.29 is 14.6 Å². The second-order valence-corrected chi connectivity index (χ2v) is 4.62. The molecule has 0 aliphatic carbocycles. The van der Waals surface area contributed by atoms with E-state index in [0.717, 1.165) is 11.1 Å². The summed E-state index contributed by atoms with van der Waals surface area (Å²) in [6, 6.07) is 16.8. The lowest BCUT2D eigenvalue weighted by atomic mass is 10.1. The fraction of sp³-hybridized carbons (Fsp3) is 0.167. The first-order valence-corrected chi connectivity index (χ1v) is 6.90. The molecule has 2 aromatic carbocycles. The van der Waals surface area contributed by atoms with Crippen molar-refractivity contribution >= 4 is 12.0 Å². The molecule has 3 heteroatoms. The van der Waals surface area contributed by atoms with Crippen molar-refractivity contribution in [2.45, 2.75) is 12.8 Å². The number of benzene rings is 2. The highest BCUT2D eigenvalue weighted by Gasteiger charge is 2.05. The number of aryl methyl sites for hydroxylation is 1. The van der Waals surface area contributed by atoms with Gasteiger partial charge in [0.2, 0.25) is 0 Å². The standard InChI is InChI=1S/C18H18O3/c19-17-11-5-4-10-16(17)12-13-18(20)21-14-6-9-15-7-2-1-3-8-15/h1-11,19H,12-14H2. The fourth-order valence-electron chi connectivity index (χ4n) is 1.92. The zero-order valence-corrected chi connectivity index (χ0v) is 11.7. The van der Waals surface area contributed by atoms with E-state index in [1.54, 1.807) is 18.2 Å². The topological polar surface area (TPSA) is 46.5 Å². The first kappa shape index (κ1) is 14.9. The van der Waals surface area contributed by atoms with E-state index in [4.69, 9.17) is 4.74 Å². The van der Waals surface area contributed by atoms with Crippen LogP contribution >= 0.6 is 0 Å². The average Bonchev–Trinajstić information content (AvgIpc) is 2.52. The van der Waals surface area contributed by atoms with E-state index in [9.17, 15) is 9.90 Å². The van der Waals surface area contributed by atoms with E-state index in [-0.39, 0.29) is 24.7 Å². The molecule has 0 heterocycles. The van der Waals surface area contributed by atoms with Gasteiger partial charge in [0, 0.05) is 6.42 Å². The molecule has 1 N–H and O–H groups in total. The number of ether oxygens (including phenoxy) is 1. The highest BCUT2D eigenvalue weighted by atomic mass is 16.5. The van der Waals surface area contributed by atoms with Gasteiger partial charge in [-0.3, -0.25) is 4.79 Å². The number of phenols is 1. The van der Waals surface area contributed by atoms with Gasteiger partial charge < -0.3 is 9.84 Å². The molecule has 0 spiro atoms. The number of carbonyl (C=O) groups excluding carboxylic acids is 1. The van der Waals surface area contributed by atoms with Gasteiger partial charge in [0.15, 0.2) is 0 Å². The Bertz CT molecular complexity index is 603. The highest BCUT2D eigenvalue weighted by Crippen LogP contribution is 2.17. The van der Waals surface area contributed by atoms with Crippen LogP contribution in [0, 0.1) is 0 Å². The Kier molecular flexibility index (Phi) is 5.59. The molecule has 0 aromatic heterocycles. The Morgan fingerprint density at radius 3 is 2.52 bits per heavy atom. The van der Waals surface area contributed by atoms with Crippen molar-refractivity contribution in [1.29, 1.82) is 0 Å². The van der Waals surface area contributed by atoms with Crippen molar-refractivity contribution in [2.75, 3.05) is 6.61 Å². The van der Waals surface area contributed by atoms with Crippen molar-refractivity contribution in [3.63, 3.8) is 0 Å². The van der Waals surface area contributed by atoms with Crippen molar-refractivity contribution in [1.82, 2.24) is 0 Å². The zero-order valence-electron chi connectivity index (χ0n) is 11.7. The Balaban J connectivity index is 1.71. The predicted molar refractivity (Wildman–Crippen MR) is 82.9 cm³/mol. The Morgan fingerprint density at radius 1 is 1.05 bits per heavy atom. The number of phenolic OH excluding ortho intramolecular Hbond substituents is 1. The van der Waals surface area contributed by atoms with Crippen LogP contribution in [0.4, 0.5) is 0 Å². The molecule has 0 radical (unpaired) electrons. The van der Waals surface area contributed by atoms with E-state index >= 15 is 0 Å². The van der Waals surface area contributed by atoms with Gasteiger partial charge in [0.1, 0.15) is 12.4 Å². The van der Waals surface area contributed by atoms with E-state index < -0.39 is 0 Å². The van der Waals surface area contributed by atoms with Gasteiger partial charge in [-0.15, -0.1) is 0 Å². The molecule has 0 aliphatic rings. The third-order valence-electron chi connectivity index (χ3n) is 3.04. The lowest BCUT2D eigenvalue weighted by molar-refractivity contribution is -0.142. The second kappa shape index (κ2) is 7.90. The minimum atomic E-state index is -0.268. The molecule has 0 bridgehead atoms. The van der Waals surface area contributed by atoms with Gasteiger partial charge in [-0.2, -0.15) is 0 Å². The molecule has 2 aromatic rings. The van der Waals surface area contributed by atoms with Crippen LogP contribution in [-0.2, 0) is 16.0 Å². The molecule has 108 valence electrons. The molecule has 3 nitrogen and oxygen atoms in total. The third-order valence-corrected chi connectivity index (χ3v) is 3.04. The Morgan fingerprint density at radius 2 is 1.76 bits per heavy atom.